The van der Waals surface area contributed by atoms with E-state index >= 15 is 0 Å². The average molecular weight is 550 g/mol. The first-order valence-electron chi connectivity index (χ1n) is 12.0. The quantitative estimate of drug-likeness (QED) is 0.361. The lowest BCUT2D eigenvalue weighted by Gasteiger charge is -2.29. The van der Waals surface area contributed by atoms with Crippen molar-refractivity contribution in [2.75, 3.05) is 19.0 Å². The molecule has 0 aliphatic carbocycles. The number of halogens is 2. The van der Waals surface area contributed by atoms with Crippen LogP contribution in [0.4, 0.5) is 5.95 Å². The van der Waals surface area contributed by atoms with E-state index in [9.17, 15) is 9.59 Å². The van der Waals surface area contributed by atoms with Gasteiger partial charge in [-0.1, -0.05) is 35.3 Å². The fraction of sp³-hybridized carbons (Fsp3) is 0.214. The molecule has 0 radical (unpaired) electrons. The Kier molecular flexibility index (Phi) is 7.35. The molecule has 38 heavy (non-hydrogen) atoms. The summed E-state index contributed by atoms with van der Waals surface area (Å²) in [7, 11) is 1.62. The Morgan fingerprint density at radius 3 is 2.61 bits per heavy atom. The van der Waals surface area contributed by atoms with Crippen molar-refractivity contribution in [3.8, 4) is 11.4 Å². The molecule has 2 aromatic heterocycles. The molecule has 0 unspecified atom stereocenters. The number of anilines is 1. The predicted molar refractivity (Wildman–Crippen MR) is 148 cm³/mol. The zero-order valence-corrected chi connectivity index (χ0v) is 22.4. The van der Waals surface area contributed by atoms with E-state index in [2.05, 4.69) is 10.3 Å². The van der Waals surface area contributed by atoms with Crippen LogP contribution in [0, 0.1) is 6.92 Å². The number of hydrogen-bond donors (Lipinski definition) is 1. The Hall–Kier alpha value is -3.88. The smallest absolute Gasteiger partial charge is 0.263 e. The highest BCUT2D eigenvalue weighted by atomic mass is 35.5. The third-order valence-corrected chi connectivity index (χ3v) is 7.26. The minimum absolute atomic E-state index is 0.176. The lowest BCUT2D eigenvalue weighted by molar-refractivity contribution is 0.0731. The summed E-state index contributed by atoms with van der Waals surface area (Å²) in [5.41, 5.74) is 3.75. The largest absolute Gasteiger partial charge is 0.497 e. The Balaban J connectivity index is 1.51. The first-order valence-corrected chi connectivity index (χ1v) is 12.8. The minimum Gasteiger partial charge on any atom is -0.497 e. The Morgan fingerprint density at radius 2 is 1.89 bits per heavy atom. The highest BCUT2D eigenvalue weighted by molar-refractivity contribution is 6.42. The van der Waals surface area contributed by atoms with Crippen molar-refractivity contribution in [2.24, 2.45) is 0 Å². The summed E-state index contributed by atoms with van der Waals surface area (Å²) in [6.45, 7) is 2.87. The van der Waals surface area contributed by atoms with Gasteiger partial charge in [0.2, 0.25) is 5.95 Å². The van der Waals surface area contributed by atoms with Crippen molar-refractivity contribution in [2.45, 2.75) is 26.4 Å². The zero-order valence-electron chi connectivity index (χ0n) is 20.9. The number of aromatic nitrogens is 3. The standard InChI is InChI=1S/C28H25Cl2N5O3/c1-17-25(4-3-12-31-17)35-27(37)21-11-13-34(26(36)19-7-10-22(29)23(30)14-19)16-24(21)33-28(35)32-15-18-5-8-20(38-2)9-6-18/h3-10,12,14H,11,13,15-16H2,1-2H3,(H,32,33). The second kappa shape index (κ2) is 10.8. The van der Waals surface area contributed by atoms with Crippen molar-refractivity contribution in [3.63, 3.8) is 0 Å². The van der Waals surface area contributed by atoms with Crippen LogP contribution in [0.25, 0.3) is 5.69 Å². The first-order chi connectivity index (χ1) is 18.4. The van der Waals surface area contributed by atoms with Crippen molar-refractivity contribution in [3.05, 3.63) is 109 Å². The topological polar surface area (TPSA) is 89.3 Å². The van der Waals surface area contributed by atoms with Gasteiger partial charge in [0.25, 0.3) is 11.5 Å². The van der Waals surface area contributed by atoms with Crippen LogP contribution < -0.4 is 15.6 Å². The second-order valence-electron chi connectivity index (χ2n) is 8.92. The van der Waals surface area contributed by atoms with Gasteiger partial charge >= 0.3 is 0 Å². The number of benzene rings is 2. The lowest BCUT2D eigenvalue weighted by Crippen LogP contribution is -2.41. The van der Waals surface area contributed by atoms with Crippen molar-refractivity contribution >= 4 is 35.1 Å². The molecule has 0 saturated heterocycles. The molecule has 0 atom stereocenters. The van der Waals surface area contributed by atoms with E-state index in [-0.39, 0.29) is 18.0 Å². The van der Waals surface area contributed by atoms with E-state index in [1.54, 1.807) is 47.0 Å². The summed E-state index contributed by atoms with van der Waals surface area (Å²) in [5.74, 6) is 0.941. The molecule has 10 heteroatoms. The summed E-state index contributed by atoms with van der Waals surface area (Å²) < 4.78 is 6.81. The van der Waals surface area contributed by atoms with E-state index in [0.29, 0.717) is 63.7 Å². The fourth-order valence-corrected chi connectivity index (χ4v) is 4.75. The summed E-state index contributed by atoms with van der Waals surface area (Å²) in [5, 5.41) is 4.02. The molecule has 1 amide bonds. The number of nitrogens with one attached hydrogen (secondary N) is 1. The van der Waals surface area contributed by atoms with Crippen LogP contribution >= 0.6 is 23.2 Å². The van der Waals surface area contributed by atoms with Crippen molar-refractivity contribution in [1.29, 1.82) is 0 Å². The van der Waals surface area contributed by atoms with Gasteiger partial charge in [-0.2, -0.15) is 0 Å². The number of pyridine rings is 1. The maximum absolute atomic E-state index is 13.8. The zero-order chi connectivity index (χ0) is 26.8. The van der Waals surface area contributed by atoms with Gasteiger partial charge in [-0.25, -0.2) is 9.55 Å². The number of nitrogens with zero attached hydrogens (tertiary/aromatic N) is 4. The summed E-state index contributed by atoms with van der Waals surface area (Å²) >= 11 is 12.1. The summed E-state index contributed by atoms with van der Waals surface area (Å²) in [6.07, 6.45) is 2.07. The Bertz CT molecular complexity index is 1570. The van der Waals surface area contributed by atoms with Crippen LogP contribution in [0.1, 0.15) is 32.9 Å². The normalized spacial score (nSPS) is 12.7. The summed E-state index contributed by atoms with van der Waals surface area (Å²) in [6, 6.07) is 16.1. The minimum atomic E-state index is -0.198. The number of carbonyl (C=O) groups is 1. The van der Waals surface area contributed by atoms with Gasteiger partial charge in [0.05, 0.1) is 40.8 Å². The number of carbonyl (C=O) groups excluding carboxylic acids is 1. The summed E-state index contributed by atoms with van der Waals surface area (Å²) in [4.78, 5) is 37.9. The maximum atomic E-state index is 13.8. The Morgan fingerprint density at radius 1 is 1.11 bits per heavy atom. The van der Waals surface area contributed by atoms with Crippen molar-refractivity contribution < 1.29 is 9.53 Å². The molecule has 0 fully saturated rings. The van der Waals surface area contributed by atoms with E-state index in [0.717, 1.165) is 11.3 Å². The van der Waals surface area contributed by atoms with Crippen LogP contribution in [0.5, 0.6) is 5.75 Å². The fourth-order valence-electron chi connectivity index (χ4n) is 4.45. The maximum Gasteiger partial charge on any atom is 0.263 e. The number of aryl methyl sites for hydroxylation is 1. The van der Waals surface area contributed by atoms with Crippen LogP contribution in [-0.4, -0.2) is 39.0 Å². The van der Waals surface area contributed by atoms with E-state index in [1.807, 2.05) is 37.3 Å². The van der Waals surface area contributed by atoms with Crippen LogP contribution in [0.3, 0.4) is 0 Å². The molecule has 1 N–H and O–H groups in total. The molecule has 8 nitrogen and oxygen atoms in total. The average Bonchev–Trinajstić information content (AvgIpc) is 2.93. The number of methoxy groups -OCH3 is 1. The molecule has 2 aromatic carbocycles. The number of ether oxygens (including phenoxy) is 1. The van der Waals surface area contributed by atoms with Crippen molar-refractivity contribution in [1.82, 2.24) is 19.4 Å². The monoisotopic (exact) mass is 549 g/mol. The van der Waals surface area contributed by atoms with Gasteiger partial charge in [0.1, 0.15) is 5.75 Å². The highest BCUT2D eigenvalue weighted by Crippen LogP contribution is 2.26. The van der Waals surface area contributed by atoms with Gasteiger partial charge in [0.15, 0.2) is 0 Å². The number of amides is 1. The Labute approximate surface area is 229 Å². The SMILES string of the molecule is COc1ccc(CNc2nc3c(c(=O)n2-c2cccnc2C)CCN(C(=O)c2ccc(Cl)c(Cl)c2)C3)cc1. The molecule has 0 spiro atoms. The number of fused-ring (bicyclic) bond motifs is 1. The molecule has 1 aliphatic rings. The molecular weight excluding hydrogens is 525 g/mol. The van der Waals surface area contributed by atoms with Gasteiger partial charge in [0, 0.05) is 30.4 Å². The van der Waals surface area contributed by atoms with Crippen LogP contribution in [-0.2, 0) is 19.5 Å². The highest BCUT2D eigenvalue weighted by Gasteiger charge is 2.28. The molecule has 194 valence electrons. The van der Waals surface area contributed by atoms with Crippen LogP contribution in [0.2, 0.25) is 10.0 Å². The molecule has 1 aliphatic heterocycles. The third kappa shape index (κ3) is 5.10. The van der Waals surface area contributed by atoms with Crippen LogP contribution in [0.15, 0.2) is 65.6 Å². The second-order valence-corrected chi connectivity index (χ2v) is 9.73. The lowest BCUT2D eigenvalue weighted by atomic mass is 10.0. The van der Waals surface area contributed by atoms with E-state index in [4.69, 9.17) is 32.9 Å². The number of rotatable bonds is 6. The molecule has 0 saturated carbocycles. The van der Waals surface area contributed by atoms with Gasteiger partial charge < -0.3 is 15.0 Å². The van der Waals surface area contributed by atoms with E-state index < -0.39 is 0 Å². The molecule has 0 bridgehead atoms. The molecule has 4 aromatic rings. The van der Waals surface area contributed by atoms with Gasteiger partial charge in [-0.3, -0.25) is 14.6 Å². The van der Waals surface area contributed by atoms with E-state index in [1.165, 1.54) is 0 Å². The molecule has 3 heterocycles. The third-order valence-electron chi connectivity index (χ3n) is 6.52. The number of hydrogen-bond acceptors (Lipinski definition) is 6. The van der Waals surface area contributed by atoms with Gasteiger partial charge in [-0.15, -0.1) is 0 Å². The van der Waals surface area contributed by atoms with Gasteiger partial charge in [-0.05, 0) is 61.4 Å². The first kappa shape index (κ1) is 25.8. The molecular formula is C28H25Cl2N5O3. The predicted octanol–water partition coefficient (Wildman–Crippen LogP) is 5.06. The molecule has 5 rings (SSSR count).